The van der Waals surface area contributed by atoms with Crippen molar-refractivity contribution in [2.45, 2.75) is 18.4 Å². The van der Waals surface area contributed by atoms with Gasteiger partial charge in [-0.05, 0) is 125 Å². The van der Waals surface area contributed by atoms with Crippen LogP contribution in [0.25, 0.3) is 81.8 Å². The maximum atomic E-state index is 2.63. The van der Waals surface area contributed by atoms with Gasteiger partial charge in [0.05, 0.1) is 28.1 Å². The van der Waals surface area contributed by atoms with Crippen molar-refractivity contribution < 1.29 is 0 Å². The molecule has 1 aliphatic heterocycles. The topological polar surface area (TPSA) is 13.1 Å². The van der Waals surface area contributed by atoms with Gasteiger partial charge >= 0.3 is 0 Å². The van der Waals surface area contributed by atoms with Crippen molar-refractivity contribution in [3.63, 3.8) is 0 Å². The van der Waals surface area contributed by atoms with Gasteiger partial charge in [-0.2, -0.15) is 0 Å². The third kappa shape index (κ3) is 5.75. The Morgan fingerprint density at radius 3 is 1.79 bits per heavy atom. The molecule has 312 valence electrons. The lowest BCUT2D eigenvalue weighted by Crippen LogP contribution is -2.32. The summed E-state index contributed by atoms with van der Waals surface area (Å²) < 4.78 is 6.13. The SMILES string of the molecule is C1=CC2C(C=C1c1ccc3c(c1)c1ccccc1n3-c1ccccc1)C1=C(C=CC(c3ccc4c(c3)c3ccccc3n4-c3ccccc3)C1)N2c1ccc2scc(-c3ccccc3)c2c1. The Hall–Kier alpha value is -7.92. The van der Waals surface area contributed by atoms with Crippen LogP contribution in [-0.4, -0.2) is 15.2 Å². The Morgan fingerprint density at radius 1 is 0.455 bits per heavy atom. The summed E-state index contributed by atoms with van der Waals surface area (Å²) in [6.45, 7) is 0. The lowest BCUT2D eigenvalue weighted by atomic mass is 9.79. The van der Waals surface area contributed by atoms with Crippen LogP contribution in [0.4, 0.5) is 5.69 Å². The van der Waals surface area contributed by atoms with E-state index in [2.05, 4.69) is 244 Å². The summed E-state index contributed by atoms with van der Waals surface area (Å²) in [5.74, 6) is 0.462. The van der Waals surface area contributed by atoms with E-state index in [0.717, 1.165) is 6.42 Å². The molecule has 0 fully saturated rings. The molecule has 0 N–H and O–H groups in total. The molecule has 14 rings (SSSR count). The van der Waals surface area contributed by atoms with Crippen LogP contribution in [0.2, 0.25) is 0 Å². The van der Waals surface area contributed by atoms with Gasteiger partial charge in [-0.3, -0.25) is 0 Å². The Bertz CT molecular complexity index is 3860. The normalized spacial score (nSPS) is 18.0. The number of thiophene rings is 1. The van der Waals surface area contributed by atoms with Gasteiger partial charge in [0.15, 0.2) is 0 Å². The number of allylic oxidation sites excluding steroid dienone is 4. The zero-order chi connectivity index (χ0) is 43.3. The van der Waals surface area contributed by atoms with Gasteiger partial charge in [0.25, 0.3) is 0 Å². The van der Waals surface area contributed by atoms with Crippen molar-refractivity contribution in [2.75, 3.05) is 4.90 Å². The minimum Gasteiger partial charge on any atom is -0.334 e. The van der Waals surface area contributed by atoms with Crippen molar-refractivity contribution in [3.8, 4) is 22.5 Å². The molecule has 0 saturated carbocycles. The lowest BCUT2D eigenvalue weighted by molar-refractivity contribution is 0.646. The molecular weight excluding hydrogens is 819 g/mol. The first-order valence-electron chi connectivity index (χ1n) is 23.1. The van der Waals surface area contributed by atoms with E-state index in [1.54, 1.807) is 0 Å². The van der Waals surface area contributed by atoms with E-state index in [1.165, 1.54) is 110 Å². The molecule has 8 aromatic carbocycles. The summed E-state index contributed by atoms with van der Waals surface area (Å²) in [7, 11) is 0. The second kappa shape index (κ2) is 14.8. The first-order valence-corrected chi connectivity index (χ1v) is 24.0. The van der Waals surface area contributed by atoms with Gasteiger partial charge in [0.2, 0.25) is 0 Å². The van der Waals surface area contributed by atoms with E-state index in [4.69, 9.17) is 0 Å². The number of benzene rings is 8. The summed E-state index contributed by atoms with van der Waals surface area (Å²) in [5.41, 5.74) is 17.8. The highest BCUT2D eigenvalue weighted by molar-refractivity contribution is 7.17. The fraction of sp³-hybridized carbons (Fsp3) is 0.0645. The second-order valence-corrected chi connectivity index (χ2v) is 18.9. The molecule has 66 heavy (non-hydrogen) atoms. The van der Waals surface area contributed by atoms with Crippen molar-refractivity contribution in [1.29, 1.82) is 0 Å². The van der Waals surface area contributed by atoms with Crippen LogP contribution < -0.4 is 4.90 Å². The first-order chi connectivity index (χ1) is 32.7. The van der Waals surface area contributed by atoms with Crippen LogP contribution in [0.3, 0.4) is 0 Å². The Labute approximate surface area is 387 Å². The fourth-order valence-electron chi connectivity index (χ4n) is 11.5. The predicted molar refractivity (Wildman–Crippen MR) is 279 cm³/mol. The fourth-order valence-corrected chi connectivity index (χ4v) is 12.4. The Kier molecular flexibility index (Phi) is 8.41. The Balaban J connectivity index is 0.890. The molecular formula is C62H43N3S. The Morgan fingerprint density at radius 2 is 1.08 bits per heavy atom. The zero-order valence-corrected chi connectivity index (χ0v) is 36.9. The van der Waals surface area contributed by atoms with E-state index < -0.39 is 0 Å². The number of aromatic nitrogens is 2. The van der Waals surface area contributed by atoms with Crippen molar-refractivity contribution in [1.82, 2.24) is 9.13 Å². The highest BCUT2D eigenvalue weighted by Gasteiger charge is 2.42. The average molecular weight is 862 g/mol. The molecule has 0 amide bonds. The molecule has 3 nitrogen and oxygen atoms in total. The van der Waals surface area contributed by atoms with E-state index in [1.807, 2.05) is 11.3 Å². The maximum absolute atomic E-state index is 2.63. The molecule has 11 aromatic rings. The highest BCUT2D eigenvalue weighted by Crippen LogP contribution is 2.51. The average Bonchev–Trinajstić information content (AvgIpc) is 4.14. The number of nitrogens with zero attached hydrogens (tertiary/aromatic N) is 3. The number of anilines is 1. The quantitative estimate of drug-likeness (QED) is 0.162. The van der Waals surface area contributed by atoms with E-state index in [0.29, 0.717) is 0 Å². The molecule has 2 aliphatic carbocycles. The van der Waals surface area contributed by atoms with E-state index in [9.17, 15) is 0 Å². The minimum atomic E-state index is 0.161. The largest absolute Gasteiger partial charge is 0.334 e. The van der Waals surface area contributed by atoms with Crippen LogP contribution >= 0.6 is 11.3 Å². The van der Waals surface area contributed by atoms with Gasteiger partial charge < -0.3 is 14.0 Å². The third-order valence-electron chi connectivity index (χ3n) is 14.5. The van der Waals surface area contributed by atoms with Crippen LogP contribution in [0.1, 0.15) is 23.5 Å². The van der Waals surface area contributed by atoms with Gasteiger partial charge in [-0.25, -0.2) is 0 Å². The molecule has 0 bridgehead atoms. The van der Waals surface area contributed by atoms with Crippen molar-refractivity contribution >= 4 is 76.3 Å². The van der Waals surface area contributed by atoms with Crippen LogP contribution in [0.15, 0.2) is 241 Å². The third-order valence-corrected chi connectivity index (χ3v) is 15.5. The molecule has 3 unspecified atom stereocenters. The molecule has 0 spiro atoms. The van der Waals surface area contributed by atoms with Gasteiger partial charge in [0.1, 0.15) is 0 Å². The van der Waals surface area contributed by atoms with Crippen LogP contribution in [-0.2, 0) is 0 Å². The predicted octanol–water partition coefficient (Wildman–Crippen LogP) is 16.2. The molecule has 3 aromatic heterocycles. The molecule has 3 aliphatic rings. The van der Waals surface area contributed by atoms with Crippen molar-refractivity contribution in [2.24, 2.45) is 5.92 Å². The summed E-state index contributed by atoms with van der Waals surface area (Å²) in [4.78, 5) is 2.63. The van der Waals surface area contributed by atoms with E-state index in [-0.39, 0.29) is 17.9 Å². The summed E-state index contributed by atoms with van der Waals surface area (Å²) in [6.07, 6.45) is 13.3. The van der Waals surface area contributed by atoms with Crippen LogP contribution in [0.5, 0.6) is 0 Å². The summed E-state index contributed by atoms with van der Waals surface area (Å²) >= 11 is 1.83. The van der Waals surface area contributed by atoms with Gasteiger partial charge in [-0.1, -0.05) is 140 Å². The van der Waals surface area contributed by atoms with Crippen LogP contribution in [0, 0.1) is 5.92 Å². The first kappa shape index (κ1) is 37.5. The number of fused-ring (bicyclic) bond motifs is 9. The smallest absolute Gasteiger partial charge is 0.0626 e. The summed E-state index contributed by atoms with van der Waals surface area (Å²) in [6, 6.07) is 71.6. The lowest BCUT2D eigenvalue weighted by Gasteiger charge is -2.31. The minimum absolute atomic E-state index is 0.161. The number of rotatable bonds is 6. The molecule has 4 heterocycles. The number of hydrogen-bond acceptors (Lipinski definition) is 2. The maximum Gasteiger partial charge on any atom is 0.0626 e. The molecule has 0 saturated heterocycles. The monoisotopic (exact) mass is 861 g/mol. The van der Waals surface area contributed by atoms with Gasteiger partial charge in [-0.15, -0.1) is 11.3 Å². The van der Waals surface area contributed by atoms with Crippen molar-refractivity contribution in [3.05, 3.63) is 252 Å². The molecule has 4 heteroatoms. The van der Waals surface area contributed by atoms with E-state index >= 15 is 0 Å². The van der Waals surface area contributed by atoms with Gasteiger partial charge in [0, 0.05) is 71.8 Å². The standard InChI is InChI=1S/C62H43N3S/c1-4-14-40(15-5-1)55-39-66-62-33-28-47(38-54(55)62)65-60-31-26-43(41-24-29-58-50(34-41)48-20-10-12-22-56(48)63(58)45-16-6-2-7-17-45)36-52(60)53-37-44(27-32-61(53)65)42-25-30-59-51(35-42)49-21-11-13-23-57(49)64(59)46-18-8-3-9-19-46/h1-36,38-39,44,52,60H,37H2. The molecule has 3 atom stereocenters. The molecule has 0 radical (unpaired) electrons. The zero-order valence-electron chi connectivity index (χ0n) is 36.1. The number of hydrogen-bond donors (Lipinski definition) is 0. The second-order valence-electron chi connectivity index (χ2n) is 18.0. The number of para-hydroxylation sites is 4. The summed E-state index contributed by atoms with van der Waals surface area (Å²) in [5, 5.41) is 8.78. The highest BCUT2D eigenvalue weighted by atomic mass is 32.1.